The molecule has 5 heteroatoms. The summed E-state index contributed by atoms with van der Waals surface area (Å²) < 4.78 is 6.67. The van der Waals surface area contributed by atoms with Crippen LogP contribution in [0.25, 0.3) is 0 Å². The number of ether oxygens (including phenoxy) is 1. The maximum Gasteiger partial charge on any atom is 0.227 e. The van der Waals surface area contributed by atoms with E-state index in [4.69, 9.17) is 10.5 Å². The van der Waals surface area contributed by atoms with Crippen LogP contribution in [0.15, 0.2) is 35.1 Å². The van der Waals surface area contributed by atoms with Crippen molar-refractivity contribution in [2.75, 3.05) is 5.73 Å². The first-order valence-corrected chi connectivity index (χ1v) is 6.53. The maximum absolute atomic E-state index is 5.86. The SMILES string of the molecule is CCCc1c(N)ncnc1Oc1ccccc1Br. The van der Waals surface area contributed by atoms with Crippen molar-refractivity contribution >= 4 is 21.7 Å². The van der Waals surface area contributed by atoms with Crippen molar-refractivity contribution in [2.45, 2.75) is 19.8 Å². The molecule has 94 valence electrons. The van der Waals surface area contributed by atoms with Crippen molar-refractivity contribution in [3.8, 4) is 11.6 Å². The molecular weight excluding hydrogens is 294 g/mol. The number of rotatable bonds is 4. The van der Waals surface area contributed by atoms with Crippen LogP contribution < -0.4 is 10.5 Å². The Bertz CT molecular complexity index is 546. The third-order valence-corrected chi connectivity index (χ3v) is 3.14. The molecule has 0 saturated carbocycles. The van der Waals surface area contributed by atoms with E-state index in [0.717, 1.165) is 22.9 Å². The van der Waals surface area contributed by atoms with Gasteiger partial charge in [0.15, 0.2) is 0 Å². The summed E-state index contributed by atoms with van der Waals surface area (Å²) in [5, 5.41) is 0. The van der Waals surface area contributed by atoms with E-state index >= 15 is 0 Å². The molecule has 0 unspecified atom stereocenters. The van der Waals surface area contributed by atoms with Crippen molar-refractivity contribution in [1.29, 1.82) is 0 Å². The summed E-state index contributed by atoms with van der Waals surface area (Å²) in [7, 11) is 0. The van der Waals surface area contributed by atoms with Gasteiger partial charge in [-0.05, 0) is 34.5 Å². The van der Waals surface area contributed by atoms with Gasteiger partial charge in [-0.1, -0.05) is 25.5 Å². The van der Waals surface area contributed by atoms with Crippen LogP contribution in [-0.2, 0) is 6.42 Å². The lowest BCUT2D eigenvalue weighted by molar-refractivity contribution is 0.452. The minimum atomic E-state index is 0.480. The summed E-state index contributed by atoms with van der Waals surface area (Å²) in [5.74, 6) is 1.72. The molecule has 2 aromatic rings. The number of aromatic nitrogens is 2. The van der Waals surface area contributed by atoms with Crippen LogP contribution >= 0.6 is 15.9 Å². The van der Waals surface area contributed by atoms with Gasteiger partial charge in [0.1, 0.15) is 17.9 Å². The minimum absolute atomic E-state index is 0.480. The Balaban J connectivity index is 2.34. The highest BCUT2D eigenvalue weighted by Crippen LogP contribution is 2.31. The van der Waals surface area contributed by atoms with Crippen molar-refractivity contribution in [2.24, 2.45) is 0 Å². The van der Waals surface area contributed by atoms with E-state index < -0.39 is 0 Å². The van der Waals surface area contributed by atoms with Crippen molar-refractivity contribution in [1.82, 2.24) is 9.97 Å². The number of halogens is 1. The van der Waals surface area contributed by atoms with E-state index in [1.807, 2.05) is 24.3 Å². The molecule has 0 bridgehead atoms. The van der Waals surface area contributed by atoms with E-state index in [1.54, 1.807) is 0 Å². The van der Waals surface area contributed by atoms with Crippen LogP contribution in [0, 0.1) is 0 Å². The van der Waals surface area contributed by atoms with Gasteiger partial charge in [0, 0.05) is 0 Å². The van der Waals surface area contributed by atoms with Crippen molar-refractivity contribution in [3.05, 3.63) is 40.6 Å². The van der Waals surface area contributed by atoms with Gasteiger partial charge in [-0.3, -0.25) is 0 Å². The second kappa shape index (κ2) is 5.82. The molecule has 0 atom stereocenters. The molecule has 4 nitrogen and oxygen atoms in total. The Labute approximate surface area is 114 Å². The second-order valence-electron chi connectivity index (χ2n) is 3.83. The zero-order valence-electron chi connectivity index (χ0n) is 10.1. The largest absolute Gasteiger partial charge is 0.437 e. The fraction of sp³-hybridized carbons (Fsp3) is 0.231. The van der Waals surface area contributed by atoms with E-state index in [1.165, 1.54) is 6.33 Å². The summed E-state index contributed by atoms with van der Waals surface area (Å²) in [5.41, 5.74) is 6.71. The highest BCUT2D eigenvalue weighted by molar-refractivity contribution is 9.10. The number of para-hydroxylation sites is 1. The predicted octanol–water partition coefficient (Wildman–Crippen LogP) is 3.57. The number of anilines is 1. The average Bonchev–Trinajstić information content (AvgIpc) is 2.36. The highest BCUT2D eigenvalue weighted by Gasteiger charge is 2.11. The maximum atomic E-state index is 5.86. The Hall–Kier alpha value is -1.62. The van der Waals surface area contributed by atoms with Gasteiger partial charge in [-0.15, -0.1) is 0 Å². The lowest BCUT2D eigenvalue weighted by Gasteiger charge is -2.11. The number of nitrogen functional groups attached to an aromatic ring is 1. The van der Waals surface area contributed by atoms with Crippen LogP contribution in [0.4, 0.5) is 5.82 Å². The van der Waals surface area contributed by atoms with Crippen LogP contribution in [-0.4, -0.2) is 9.97 Å². The predicted molar refractivity (Wildman–Crippen MR) is 74.7 cm³/mol. The number of nitrogens with two attached hydrogens (primary N) is 1. The van der Waals surface area contributed by atoms with Gasteiger partial charge >= 0.3 is 0 Å². The normalized spacial score (nSPS) is 10.3. The lowest BCUT2D eigenvalue weighted by Crippen LogP contribution is -2.02. The minimum Gasteiger partial charge on any atom is -0.437 e. The van der Waals surface area contributed by atoms with Crippen molar-refractivity contribution in [3.63, 3.8) is 0 Å². The Kier molecular flexibility index (Phi) is 4.15. The fourth-order valence-electron chi connectivity index (χ4n) is 1.61. The summed E-state index contributed by atoms with van der Waals surface area (Å²) in [6, 6.07) is 7.62. The van der Waals surface area contributed by atoms with E-state index in [-0.39, 0.29) is 0 Å². The summed E-state index contributed by atoms with van der Waals surface area (Å²) >= 11 is 3.44. The highest BCUT2D eigenvalue weighted by atomic mass is 79.9. The molecule has 1 aromatic heterocycles. The van der Waals surface area contributed by atoms with E-state index in [0.29, 0.717) is 17.4 Å². The number of benzene rings is 1. The Morgan fingerprint density at radius 1 is 1.28 bits per heavy atom. The molecule has 1 aromatic carbocycles. The zero-order valence-corrected chi connectivity index (χ0v) is 11.6. The van der Waals surface area contributed by atoms with Crippen LogP contribution in [0.3, 0.4) is 0 Å². The molecule has 0 saturated heterocycles. The van der Waals surface area contributed by atoms with Gasteiger partial charge in [0.25, 0.3) is 0 Å². The molecule has 2 N–H and O–H groups in total. The second-order valence-corrected chi connectivity index (χ2v) is 4.68. The molecule has 0 amide bonds. The third-order valence-electron chi connectivity index (χ3n) is 2.48. The first-order valence-electron chi connectivity index (χ1n) is 5.74. The molecule has 2 rings (SSSR count). The smallest absolute Gasteiger partial charge is 0.227 e. The van der Waals surface area contributed by atoms with Crippen LogP contribution in [0.2, 0.25) is 0 Å². The van der Waals surface area contributed by atoms with Gasteiger partial charge in [0.2, 0.25) is 5.88 Å². The molecule has 0 aliphatic rings. The van der Waals surface area contributed by atoms with Crippen LogP contribution in [0.1, 0.15) is 18.9 Å². The van der Waals surface area contributed by atoms with Crippen LogP contribution in [0.5, 0.6) is 11.6 Å². The summed E-state index contributed by atoms with van der Waals surface area (Å²) in [6.45, 7) is 2.08. The standard InChI is InChI=1S/C13H14BrN3O/c1-2-5-9-12(15)16-8-17-13(9)18-11-7-4-3-6-10(11)14/h3-4,6-8H,2,5H2,1H3,(H2,15,16,17). The van der Waals surface area contributed by atoms with Gasteiger partial charge in [-0.25, -0.2) is 9.97 Å². The van der Waals surface area contributed by atoms with E-state index in [9.17, 15) is 0 Å². The molecule has 18 heavy (non-hydrogen) atoms. The topological polar surface area (TPSA) is 61.0 Å². The zero-order chi connectivity index (χ0) is 13.0. The van der Waals surface area contributed by atoms with Gasteiger partial charge < -0.3 is 10.5 Å². The lowest BCUT2D eigenvalue weighted by atomic mass is 10.2. The molecular formula is C13H14BrN3O. The number of nitrogens with zero attached hydrogens (tertiary/aromatic N) is 2. The first kappa shape index (κ1) is 12.8. The van der Waals surface area contributed by atoms with Crippen molar-refractivity contribution < 1.29 is 4.74 Å². The average molecular weight is 308 g/mol. The molecule has 0 aliphatic carbocycles. The molecule has 0 aliphatic heterocycles. The van der Waals surface area contributed by atoms with Gasteiger partial charge in [0.05, 0.1) is 10.0 Å². The monoisotopic (exact) mass is 307 g/mol. The first-order chi connectivity index (χ1) is 8.72. The molecule has 0 spiro atoms. The molecule has 0 fully saturated rings. The molecule has 1 heterocycles. The van der Waals surface area contributed by atoms with E-state index in [2.05, 4.69) is 32.8 Å². The van der Waals surface area contributed by atoms with Gasteiger partial charge in [-0.2, -0.15) is 0 Å². The number of hydrogen-bond donors (Lipinski definition) is 1. The number of hydrogen-bond acceptors (Lipinski definition) is 4. The molecule has 0 radical (unpaired) electrons. The Morgan fingerprint density at radius 3 is 2.78 bits per heavy atom. The fourth-order valence-corrected chi connectivity index (χ4v) is 1.98. The quantitative estimate of drug-likeness (QED) is 0.938. The summed E-state index contributed by atoms with van der Waals surface area (Å²) in [6.07, 6.45) is 3.18. The summed E-state index contributed by atoms with van der Waals surface area (Å²) in [4.78, 5) is 8.16. The Morgan fingerprint density at radius 2 is 2.06 bits per heavy atom. The third kappa shape index (κ3) is 2.79.